The van der Waals surface area contributed by atoms with Gasteiger partial charge in [-0.3, -0.25) is 4.72 Å². The fourth-order valence-corrected chi connectivity index (χ4v) is 3.11. The maximum atomic E-state index is 13.8. The van der Waals surface area contributed by atoms with Crippen LogP contribution in [0.3, 0.4) is 0 Å². The highest BCUT2D eigenvalue weighted by Gasteiger charge is 2.22. The molecule has 0 radical (unpaired) electrons. The van der Waals surface area contributed by atoms with Crippen LogP contribution in [-0.4, -0.2) is 19.5 Å². The van der Waals surface area contributed by atoms with Crippen molar-refractivity contribution in [3.63, 3.8) is 0 Å². The summed E-state index contributed by atoms with van der Waals surface area (Å²) in [5, 5.41) is 8.90. The lowest BCUT2D eigenvalue weighted by atomic mass is 10.1. The van der Waals surface area contributed by atoms with Crippen LogP contribution in [0.1, 0.15) is 21.5 Å². The molecule has 2 rings (SSSR count). The number of rotatable bonds is 4. The van der Waals surface area contributed by atoms with Gasteiger partial charge in [0.25, 0.3) is 10.0 Å². The standard InChI is InChI=1S/C15H14FNO4S/c1-9-3-4-10(2)13(7-9)17-22(20,21)14-8-11(15(18)19)5-6-12(14)16/h3-8,17H,1-2H3,(H,18,19). The zero-order chi connectivity index (χ0) is 16.5. The number of hydrogen-bond acceptors (Lipinski definition) is 3. The molecule has 2 aromatic carbocycles. The van der Waals surface area contributed by atoms with E-state index in [1.807, 2.05) is 6.07 Å². The van der Waals surface area contributed by atoms with Crippen LogP contribution in [0.5, 0.6) is 0 Å². The highest BCUT2D eigenvalue weighted by atomic mass is 32.2. The van der Waals surface area contributed by atoms with Crippen molar-refractivity contribution in [2.45, 2.75) is 18.7 Å². The van der Waals surface area contributed by atoms with Crippen molar-refractivity contribution in [1.82, 2.24) is 0 Å². The molecule has 2 aromatic rings. The summed E-state index contributed by atoms with van der Waals surface area (Å²) >= 11 is 0. The van der Waals surface area contributed by atoms with Crippen molar-refractivity contribution in [3.8, 4) is 0 Å². The molecular weight excluding hydrogens is 309 g/mol. The lowest BCUT2D eigenvalue weighted by Crippen LogP contribution is -2.16. The summed E-state index contributed by atoms with van der Waals surface area (Å²) in [6.45, 7) is 3.50. The van der Waals surface area contributed by atoms with Crippen LogP contribution in [0.15, 0.2) is 41.3 Å². The van der Waals surface area contributed by atoms with Gasteiger partial charge in [0.2, 0.25) is 0 Å². The Morgan fingerprint density at radius 3 is 2.45 bits per heavy atom. The van der Waals surface area contributed by atoms with Gasteiger partial charge < -0.3 is 5.11 Å². The topological polar surface area (TPSA) is 83.5 Å². The number of carbonyl (C=O) groups is 1. The summed E-state index contributed by atoms with van der Waals surface area (Å²) in [4.78, 5) is 10.2. The van der Waals surface area contributed by atoms with E-state index in [9.17, 15) is 17.6 Å². The predicted octanol–water partition coefficient (Wildman–Crippen LogP) is 2.94. The Balaban J connectivity index is 2.49. The second-order valence-corrected chi connectivity index (χ2v) is 6.53. The zero-order valence-corrected chi connectivity index (χ0v) is 12.7. The normalized spacial score (nSPS) is 11.2. The Hall–Kier alpha value is -2.41. The molecule has 0 spiro atoms. The molecule has 116 valence electrons. The monoisotopic (exact) mass is 323 g/mol. The van der Waals surface area contributed by atoms with Crippen LogP contribution in [0.25, 0.3) is 0 Å². The van der Waals surface area contributed by atoms with Crippen molar-refractivity contribution < 1.29 is 22.7 Å². The maximum absolute atomic E-state index is 13.8. The number of nitrogens with one attached hydrogen (secondary N) is 1. The van der Waals surface area contributed by atoms with E-state index in [4.69, 9.17) is 5.11 Å². The van der Waals surface area contributed by atoms with Crippen molar-refractivity contribution in [2.24, 2.45) is 0 Å². The minimum Gasteiger partial charge on any atom is -0.478 e. The van der Waals surface area contributed by atoms with E-state index < -0.39 is 26.7 Å². The average molecular weight is 323 g/mol. The molecule has 0 bridgehead atoms. The molecular formula is C15H14FNO4S. The first kappa shape index (κ1) is 16.0. The highest BCUT2D eigenvalue weighted by Crippen LogP contribution is 2.23. The second kappa shape index (κ2) is 5.76. The Labute approximate surface area is 127 Å². The van der Waals surface area contributed by atoms with Crippen molar-refractivity contribution in [2.75, 3.05) is 4.72 Å². The first-order valence-electron chi connectivity index (χ1n) is 6.33. The molecule has 0 saturated carbocycles. The number of carboxylic acids is 1. The van der Waals surface area contributed by atoms with Gasteiger partial charge in [0, 0.05) is 0 Å². The Kier molecular flexibility index (Phi) is 4.18. The molecule has 0 atom stereocenters. The van der Waals surface area contributed by atoms with Crippen molar-refractivity contribution in [1.29, 1.82) is 0 Å². The molecule has 0 aliphatic rings. The van der Waals surface area contributed by atoms with Crippen LogP contribution in [0, 0.1) is 19.7 Å². The van der Waals surface area contributed by atoms with Gasteiger partial charge in [0.05, 0.1) is 11.3 Å². The lowest BCUT2D eigenvalue weighted by molar-refractivity contribution is 0.0696. The second-order valence-electron chi connectivity index (χ2n) is 4.87. The fourth-order valence-electron chi connectivity index (χ4n) is 1.89. The van der Waals surface area contributed by atoms with E-state index in [0.29, 0.717) is 11.3 Å². The van der Waals surface area contributed by atoms with Crippen LogP contribution >= 0.6 is 0 Å². The SMILES string of the molecule is Cc1ccc(C)c(NS(=O)(=O)c2cc(C(=O)O)ccc2F)c1. The summed E-state index contributed by atoms with van der Waals surface area (Å²) in [6.07, 6.45) is 0. The third-order valence-corrected chi connectivity index (χ3v) is 4.49. The van der Waals surface area contributed by atoms with Gasteiger partial charge in [-0.05, 0) is 49.2 Å². The summed E-state index contributed by atoms with van der Waals surface area (Å²) in [6, 6.07) is 7.79. The van der Waals surface area contributed by atoms with Gasteiger partial charge in [-0.1, -0.05) is 12.1 Å². The molecule has 0 aromatic heterocycles. The molecule has 0 amide bonds. The number of aromatic carboxylic acids is 1. The summed E-state index contributed by atoms with van der Waals surface area (Å²) < 4.78 is 40.7. The third kappa shape index (κ3) is 3.25. The zero-order valence-electron chi connectivity index (χ0n) is 11.9. The molecule has 0 aliphatic carbocycles. The number of aryl methyl sites for hydroxylation is 2. The lowest BCUT2D eigenvalue weighted by Gasteiger charge is -2.12. The van der Waals surface area contributed by atoms with Crippen molar-refractivity contribution >= 4 is 21.7 Å². The highest BCUT2D eigenvalue weighted by molar-refractivity contribution is 7.92. The van der Waals surface area contributed by atoms with Gasteiger partial charge in [0.15, 0.2) is 0 Å². The van der Waals surface area contributed by atoms with E-state index in [1.54, 1.807) is 26.0 Å². The smallest absolute Gasteiger partial charge is 0.335 e. The number of sulfonamides is 1. The summed E-state index contributed by atoms with van der Waals surface area (Å²) in [5.74, 6) is -2.34. The molecule has 0 unspecified atom stereocenters. The molecule has 0 heterocycles. The van der Waals surface area contributed by atoms with E-state index in [1.165, 1.54) is 0 Å². The van der Waals surface area contributed by atoms with E-state index in [-0.39, 0.29) is 5.56 Å². The first-order chi connectivity index (χ1) is 10.2. The summed E-state index contributed by atoms with van der Waals surface area (Å²) in [7, 11) is -4.23. The van der Waals surface area contributed by atoms with E-state index in [0.717, 1.165) is 23.8 Å². The third-order valence-electron chi connectivity index (χ3n) is 3.11. The maximum Gasteiger partial charge on any atom is 0.335 e. The first-order valence-corrected chi connectivity index (χ1v) is 7.82. The number of anilines is 1. The van der Waals surface area contributed by atoms with Crippen LogP contribution in [-0.2, 0) is 10.0 Å². The number of carboxylic acid groups (broad SMARTS) is 1. The molecule has 0 saturated heterocycles. The van der Waals surface area contributed by atoms with Crippen molar-refractivity contribution in [3.05, 3.63) is 58.9 Å². The molecule has 7 heteroatoms. The molecule has 22 heavy (non-hydrogen) atoms. The fraction of sp³-hybridized carbons (Fsp3) is 0.133. The van der Waals surface area contributed by atoms with Gasteiger partial charge in [0.1, 0.15) is 10.7 Å². The largest absolute Gasteiger partial charge is 0.478 e. The van der Waals surface area contributed by atoms with E-state index >= 15 is 0 Å². The Morgan fingerprint density at radius 2 is 1.82 bits per heavy atom. The van der Waals surface area contributed by atoms with Gasteiger partial charge in [-0.15, -0.1) is 0 Å². The molecule has 5 nitrogen and oxygen atoms in total. The average Bonchev–Trinajstić information content (AvgIpc) is 2.42. The van der Waals surface area contributed by atoms with Gasteiger partial charge in [-0.25, -0.2) is 17.6 Å². The minimum atomic E-state index is -4.23. The minimum absolute atomic E-state index is 0.303. The summed E-state index contributed by atoms with van der Waals surface area (Å²) in [5.41, 5.74) is 1.52. The number of halogens is 1. The van der Waals surface area contributed by atoms with Crippen LogP contribution in [0.2, 0.25) is 0 Å². The van der Waals surface area contributed by atoms with Crippen LogP contribution < -0.4 is 4.72 Å². The molecule has 0 aliphatic heterocycles. The Morgan fingerprint density at radius 1 is 1.14 bits per heavy atom. The number of benzene rings is 2. The van der Waals surface area contributed by atoms with Crippen LogP contribution in [0.4, 0.5) is 10.1 Å². The quantitative estimate of drug-likeness (QED) is 0.906. The van der Waals surface area contributed by atoms with Gasteiger partial charge >= 0.3 is 5.97 Å². The number of hydrogen-bond donors (Lipinski definition) is 2. The Bertz CT molecular complexity index is 847. The molecule has 2 N–H and O–H groups in total. The van der Waals surface area contributed by atoms with E-state index in [2.05, 4.69) is 4.72 Å². The van der Waals surface area contributed by atoms with Gasteiger partial charge in [-0.2, -0.15) is 0 Å². The predicted molar refractivity (Wildman–Crippen MR) is 80.1 cm³/mol. The molecule has 0 fully saturated rings.